The minimum Gasteiger partial charge on any atom is -0.506 e. The third-order valence-corrected chi connectivity index (χ3v) is 3.53. The van der Waals surface area contributed by atoms with Crippen LogP contribution in [0.1, 0.15) is 43.6 Å². The first-order valence-corrected chi connectivity index (χ1v) is 6.80. The molecule has 1 aromatic carbocycles. The zero-order chi connectivity index (χ0) is 15.8. The van der Waals surface area contributed by atoms with E-state index in [0.29, 0.717) is 22.6 Å². The molecule has 1 aliphatic heterocycles. The Bertz CT molecular complexity index is 651. The number of Topliss-reactive ketones (excluding diaryl/α,β-unsaturated/α-hetero) is 1. The molecular formula is C17H20O4. The fraction of sp³-hybridized carbons (Fsp3) is 0.353. The highest BCUT2D eigenvalue weighted by Crippen LogP contribution is 2.43. The van der Waals surface area contributed by atoms with Crippen molar-refractivity contribution in [1.29, 1.82) is 0 Å². The summed E-state index contributed by atoms with van der Waals surface area (Å²) in [6, 6.07) is 1.65. The molecule has 2 rings (SSSR count). The van der Waals surface area contributed by atoms with Gasteiger partial charge in [-0.25, -0.2) is 0 Å². The van der Waals surface area contributed by atoms with E-state index in [1.54, 1.807) is 32.1 Å². The van der Waals surface area contributed by atoms with Crippen molar-refractivity contribution in [3.8, 4) is 17.2 Å². The van der Waals surface area contributed by atoms with Crippen molar-refractivity contribution in [3.63, 3.8) is 0 Å². The van der Waals surface area contributed by atoms with Crippen LogP contribution in [0.5, 0.6) is 17.2 Å². The van der Waals surface area contributed by atoms with Crippen molar-refractivity contribution < 1.29 is 19.4 Å². The molecule has 112 valence electrons. The van der Waals surface area contributed by atoms with Gasteiger partial charge in [-0.2, -0.15) is 0 Å². The van der Waals surface area contributed by atoms with Gasteiger partial charge in [0.15, 0.2) is 5.78 Å². The molecule has 0 fully saturated rings. The van der Waals surface area contributed by atoms with E-state index in [2.05, 4.69) is 0 Å². The number of benzene rings is 1. The van der Waals surface area contributed by atoms with Crippen LogP contribution < -0.4 is 9.47 Å². The molecule has 0 bridgehead atoms. The van der Waals surface area contributed by atoms with Crippen molar-refractivity contribution in [3.05, 3.63) is 34.9 Å². The summed E-state index contributed by atoms with van der Waals surface area (Å²) in [5.41, 5.74) is 0.752. The van der Waals surface area contributed by atoms with Crippen molar-refractivity contribution in [2.75, 3.05) is 7.11 Å². The molecule has 0 atom stereocenters. The van der Waals surface area contributed by atoms with E-state index in [1.807, 2.05) is 19.9 Å². The lowest BCUT2D eigenvalue weighted by molar-refractivity contribution is 0.102. The van der Waals surface area contributed by atoms with Gasteiger partial charge in [0.1, 0.15) is 28.4 Å². The van der Waals surface area contributed by atoms with Crippen LogP contribution in [0.25, 0.3) is 6.08 Å². The number of fused-ring (bicyclic) bond motifs is 1. The number of hydrogen-bond donors (Lipinski definition) is 1. The lowest BCUT2D eigenvalue weighted by Crippen LogP contribution is -2.27. The average molecular weight is 288 g/mol. The van der Waals surface area contributed by atoms with Crippen LogP contribution >= 0.6 is 0 Å². The first kappa shape index (κ1) is 15.2. The second-order valence-corrected chi connectivity index (χ2v) is 5.55. The number of ether oxygens (including phenoxy) is 2. The maximum atomic E-state index is 12.4. The Labute approximate surface area is 124 Å². The highest BCUT2D eigenvalue weighted by atomic mass is 16.5. The molecule has 4 nitrogen and oxygen atoms in total. The van der Waals surface area contributed by atoms with Gasteiger partial charge >= 0.3 is 0 Å². The van der Waals surface area contributed by atoms with E-state index in [0.717, 1.165) is 0 Å². The number of allylic oxidation sites excluding steroid dienone is 2. The van der Waals surface area contributed by atoms with Gasteiger partial charge in [-0.15, -0.1) is 0 Å². The summed E-state index contributed by atoms with van der Waals surface area (Å²) in [4.78, 5) is 12.4. The summed E-state index contributed by atoms with van der Waals surface area (Å²) < 4.78 is 11.1. The smallest absolute Gasteiger partial charge is 0.195 e. The molecule has 21 heavy (non-hydrogen) atoms. The topological polar surface area (TPSA) is 55.8 Å². The monoisotopic (exact) mass is 288 g/mol. The summed E-state index contributed by atoms with van der Waals surface area (Å²) >= 11 is 0. The Kier molecular flexibility index (Phi) is 3.81. The molecule has 4 heteroatoms. The maximum Gasteiger partial charge on any atom is 0.195 e. The molecule has 0 aromatic heterocycles. The fourth-order valence-corrected chi connectivity index (χ4v) is 2.19. The molecule has 1 aliphatic rings. The molecule has 1 N–H and O–H groups in total. The molecule has 0 aliphatic carbocycles. The van der Waals surface area contributed by atoms with Crippen LogP contribution in [0.3, 0.4) is 0 Å². The van der Waals surface area contributed by atoms with Gasteiger partial charge in [0.25, 0.3) is 0 Å². The average Bonchev–Trinajstić information content (AvgIpc) is 2.44. The lowest BCUT2D eigenvalue weighted by Gasteiger charge is -2.29. The number of rotatable bonds is 3. The van der Waals surface area contributed by atoms with Gasteiger partial charge in [0.05, 0.1) is 12.7 Å². The Balaban J connectivity index is 2.67. The predicted molar refractivity (Wildman–Crippen MR) is 82.2 cm³/mol. The highest BCUT2D eigenvalue weighted by Gasteiger charge is 2.29. The van der Waals surface area contributed by atoms with Crippen LogP contribution in [0.15, 0.2) is 23.8 Å². The Hall–Kier alpha value is -2.23. The molecule has 1 aromatic rings. The van der Waals surface area contributed by atoms with E-state index < -0.39 is 5.60 Å². The molecular weight excluding hydrogens is 268 g/mol. The molecule has 1 heterocycles. The van der Waals surface area contributed by atoms with Crippen LogP contribution in [-0.4, -0.2) is 23.6 Å². The van der Waals surface area contributed by atoms with E-state index in [9.17, 15) is 9.90 Å². The lowest BCUT2D eigenvalue weighted by atomic mass is 9.95. The predicted octanol–water partition coefficient (Wildman–Crippen LogP) is 3.73. The van der Waals surface area contributed by atoms with Gasteiger partial charge in [0, 0.05) is 6.07 Å². The number of aromatic hydroxyl groups is 1. The molecule has 0 unspecified atom stereocenters. The van der Waals surface area contributed by atoms with Gasteiger partial charge in [-0.1, -0.05) is 6.08 Å². The van der Waals surface area contributed by atoms with Gasteiger partial charge in [-0.05, 0) is 45.4 Å². The summed E-state index contributed by atoms with van der Waals surface area (Å²) in [5.74, 6) is 0.449. The van der Waals surface area contributed by atoms with Crippen LogP contribution in [0, 0.1) is 0 Å². The molecule has 0 radical (unpaired) electrons. The second kappa shape index (κ2) is 5.28. The Morgan fingerprint density at radius 3 is 2.67 bits per heavy atom. The minimum atomic E-state index is -0.463. The van der Waals surface area contributed by atoms with Gasteiger partial charge in [-0.3, -0.25) is 4.79 Å². The van der Waals surface area contributed by atoms with Crippen molar-refractivity contribution in [2.45, 2.75) is 33.3 Å². The first-order chi connectivity index (χ1) is 9.80. The number of methoxy groups -OCH3 is 1. The summed E-state index contributed by atoms with van der Waals surface area (Å²) in [7, 11) is 1.47. The molecule has 0 spiro atoms. The highest BCUT2D eigenvalue weighted by molar-refractivity contribution is 6.12. The van der Waals surface area contributed by atoms with Crippen LogP contribution in [0.4, 0.5) is 0 Å². The van der Waals surface area contributed by atoms with Crippen LogP contribution in [0.2, 0.25) is 0 Å². The zero-order valence-corrected chi connectivity index (χ0v) is 13.0. The van der Waals surface area contributed by atoms with Crippen LogP contribution in [-0.2, 0) is 0 Å². The largest absolute Gasteiger partial charge is 0.506 e. The fourth-order valence-electron chi connectivity index (χ4n) is 2.19. The zero-order valence-electron chi connectivity index (χ0n) is 13.0. The summed E-state index contributed by atoms with van der Waals surface area (Å²) in [6.45, 7) is 7.31. The standard InChI is InChI=1S/C17H20O4/c1-6-10(2)15(18)14-13(20-5)9-12-11(16(14)19)7-8-17(3,4)21-12/h6-9,19H,1-5H3/b10-6+. The van der Waals surface area contributed by atoms with E-state index in [4.69, 9.17) is 9.47 Å². The Morgan fingerprint density at radius 1 is 1.43 bits per heavy atom. The number of phenols is 1. The van der Waals surface area contributed by atoms with Gasteiger partial charge in [0.2, 0.25) is 0 Å². The first-order valence-electron chi connectivity index (χ1n) is 6.80. The van der Waals surface area contributed by atoms with Crippen molar-refractivity contribution >= 4 is 11.9 Å². The normalized spacial score (nSPS) is 16.1. The van der Waals surface area contributed by atoms with Crippen molar-refractivity contribution in [2.24, 2.45) is 0 Å². The van der Waals surface area contributed by atoms with E-state index in [-0.39, 0.29) is 17.1 Å². The summed E-state index contributed by atoms with van der Waals surface area (Å²) in [5, 5.41) is 10.5. The quantitative estimate of drug-likeness (QED) is 0.680. The SMILES string of the molecule is C/C=C(\C)C(=O)c1c(OC)cc2c(c1O)C=CC(C)(C)O2. The minimum absolute atomic E-state index is 0.109. The van der Waals surface area contributed by atoms with Gasteiger partial charge < -0.3 is 14.6 Å². The number of hydrogen-bond acceptors (Lipinski definition) is 4. The molecule has 0 amide bonds. The van der Waals surface area contributed by atoms with Crippen molar-refractivity contribution in [1.82, 2.24) is 0 Å². The van der Waals surface area contributed by atoms with E-state index >= 15 is 0 Å². The molecule has 0 saturated heterocycles. The number of carbonyl (C=O) groups excluding carboxylic acids is 1. The number of phenolic OH excluding ortho intramolecular Hbond substituents is 1. The van der Waals surface area contributed by atoms with E-state index in [1.165, 1.54) is 7.11 Å². The number of carbonyl (C=O) groups is 1. The molecule has 0 saturated carbocycles. The summed E-state index contributed by atoms with van der Waals surface area (Å²) in [6.07, 6.45) is 5.32. The maximum absolute atomic E-state index is 12.4. The Morgan fingerprint density at radius 2 is 2.10 bits per heavy atom. The second-order valence-electron chi connectivity index (χ2n) is 5.55. The third kappa shape index (κ3) is 2.66. The third-order valence-electron chi connectivity index (χ3n) is 3.53. The number of ketones is 1.